The SMILES string of the molecule is Nc1ncnn2c(-c3cccc([C@]4(C(=O)NC5CC5)C[C@@H](O)C4)c3)cc(-c3ccnn3C3CCOCC3)c12. The molecular weight excluding hydrogens is 482 g/mol. The standard InChI is InChI=1S/C28H31N7O3/c29-26-25-22(23-6-9-31-34(23)20-7-10-38-11-8-20)13-24(35(25)32-16-30-26)17-2-1-3-18(12-17)28(14-21(36)15-28)27(37)33-19-4-5-19/h1-3,6,9,12-13,16,19-21,36H,4-5,7-8,10-11,14-15H2,(H,33,37)(H2,29,30,32)/t21-,28+. The molecule has 0 atom stereocenters. The van der Waals surface area contributed by atoms with Gasteiger partial charge in [-0.25, -0.2) is 9.50 Å². The van der Waals surface area contributed by atoms with Gasteiger partial charge in [-0.15, -0.1) is 0 Å². The van der Waals surface area contributed by atoms with Crippen molar-refractivity contribution < 1.29 is 14.6 Å². The number of aliphatic hydroxyl groups is 1. The highest BCUT2D eigenvalue weighted by Crippen LogP contribution is 2.46. The number of nitrogens with zero attached hydrogens (tertiary/aromatic N) is 5. The zero-order valence-electron chi connectivity index (χ0n) is 21.1. The Hall–Kier alpha value is -3.76. The predicted octanol–water partition coefficient (Wildman–Crippen LogP) is 2.86. The molecule has 1 aromatic carbocycles. The van der Waals surface area contributed by atoms with E-state index in [0.717, 1.165) is 59.3 Å². The van der Waals surface area contributed by atoms with Crippen LogP contribution in [0.2, 0.25) is 0 Å². The molecule has 2 saturated carbocycles. The van der Waals surface area contributed by atoms with Crippen LogP contribution < -0.4 is 11.1 Å². The zero-order chi connectivity index (χ0) is 25.9. The zero-order valence-corrected chi connectivity index (χ0v) is 21.1. The van der Waals surface area contributed by atoms with Crippen LogP contribution in [-0.4, -0.2) is 60.8 Å². The van der Waals surface area contributed by atoms with Crippen molar-refractivity contribution in [3.8, 4) is 22.5 Å². The van der Waals surface area contributed by atoms with E-state index in [1.165, 1.54) is 6.33 Å². The van der Waals surface area contributed by atoms with E-state index in [9.17, 15) is 9.90 Å². The molecule has 196 valence electrons. The lowest BCUT2D eigenvalue weighted by Crippen LogP contribution is -2.55. The summed E-state index contributed by atoms with van der Waals surface area (Å²) in [6, 6.07) is 12.6. The van der Waals surface area contributed by atoms with Gasteiger partial charge >= 0.3 is 0 Å². The molecule has 10 heteroatoms. The summed E-state index contributed by atoms with van der Waals surface area (Å²) in [6.07, 6.45) is 7.51. The quantitative estimate of drug-likeness (QED) is 0.361. The minimum atomic E-state index is -0.719. The first-order valence-corrected chi connectivity index (χ1v) is 13.4. The van der Waals surface area contributed by atoms with E-state index < -0.39 is 11.5 Å². The molecule has 4 N–H and O–H groups in total. The Bertz CT molecular complexity index is 1510. The summed E-state index contributed by atoms with van der Waals surface area (Å²) in [5.74, 6) is 0.398. The van der Waals surface area contributed by atoms with Crippen LogP contribution in [0.3, 0.4) is 0 Å². The van der Waals surface area contributed by atoms with Gasteiger partial charge in [-0.3, -0.25) is 9.48 Å². The lowest BCUT2D eigenvalue weighted by molar-refractivity contribution is -0.135. The molecule has 0 unspecified atom stereocenters. The van der Waals surface area contributed by atoms with Crippen molar-refractivity contribution >= 4 is 17.2 Å². The number of nitrogens with two attached hydrogens (primary N) is 1. The number of carbonyl (C=O) groups excluding carboxylic acids is 1. The molecule has 4 heterocycles. The van der Waals surface area contributed by atoms with Gasteiger partial charge in [0.25, 0.3) is 0 Å². The number of aliphatic hydroxyl groups excluding tert-OH is 1. The molecule has 10 nitrogen and oxygen atoms in total. The van der Waals surface area contributed by atoms with Crippen molar-refractivity contribution in [3.05, 3.63) is 54.5 Å². The van der Waals surface area contributed by atoms with Gasteiger partial charge in [-0.2, -0.15) is 10.2 Å². The summed E-state index contributed by atoms with van der Waals surface area (Å²) in [7, 11) is 0. The van der Waals surface area contributed by atoms with Crippen molar-refractivity contribution in [1.29, 1.82) is 0 Å². The number of fused-ring (bicyclic) bond motifs is 1. The van der Waals surface area contributed by atoms with E-state index >= 15 is 0 Å². The van der Waals surface area contributed by atoms with E-state index in [1.807, 2.05) is 35.0 Å². The van der Waals surface area contributed by atoms with Crippen molar-refractivity contribution in [2.45, 2.75) is 62.1 Å². The number of hydrogen-bond acceptors (Lipinski definition) is 7. The largest absolute Gasteiger partial charge is 0.393 e. The molecule has 4 aromatic rings. The Morgan fingerprint density at radius 2 is 1.89 bits per heavy atom. The molecular formula is C28H31N7O3. The highest BCUT2D eigenvalue weighted by atomic mass is 16.5. The van der Waals surface area contributed by atoms with E-state index in [0.29, 0.717) is 31.9 Å². The first-order valence-electron chi connectivity index (χ1n) is 13.4. The molecule has 1 amide bonds. The Balaban J connectivity index is 1.33. The summed E-state index contributed by atoms with van der Waals surface area (Å²) in [6.45, 7) is 1.43. The first-order chi connectivity index (χ1) is 18.5. The number of nitrogen functional groups attached to an aromatic ring is 1. The van der Waals surface area contributed by atoms with Crippen LogP contribution in [0.1, 0.15) is 50.1 Å². The number of rotatable bonds is 6. The van der Waals surface area contributed by atoms with E-state index in [1.54, 1.807) is 0 Å². The summed E-state index contributed by atoms with van der Waals surface area (Å²) in [5.41, 5.74) is 11.0. The molecule has 1 aliphatic heterocycles. The van der Waals surface area contributed by atoms with Gasteiger partial charge in [0.1, 0.15) is 11.8 Å². The molecule has 2 aliphatic carbocycles. The number of anilines is 1. The lowest BCUT2D eigenvalue weighted by Gasteiger charge is -2.44. The summed E-state index contributed by atoms with van der Waals surface area (Å²) >= 11 is 0. The van der Waals surface area contributed by atoms with Gasteiger partial charge in [-0.1, -0.05) is 18.2 Å². The smallest absolute Gasteiger partial charge is 0.231 e. The van der Waals surface area contributed by atoms with Gasteiger partial charge in [0.05, 0.1) is 28.9 Å². The Labute approximate surface area is 219 Å². The topological polar surface area (TPSA) is 133 Å². The Kier molecular flexibility index (Phi) is 5.48. The maximum atomic E-state index is 13.3. The van der Waals surface area contributed by atoms with Crippen LogP contribution in [-0.2, 0) is 14.9 Å². The molecule has 0 spiro atoms. The summed E-state index contributed by atoms with van der Waals surface area (Å²) in [5, 5.41) is 22.6. The van der Waals surface area contributed by atoms with Crippen LogP contribution in [0.15, 0.2) is 48.9 Å². The third-order valence-electron chi connectivity index (χ3n) is 8.29. The highest BCUT2D eigenvalue weighted by molar-refractivity contribution is 5.92. The highest BCUT2D eigenvalue weighted by Gasteiger charge is 2.51. The van der Waals surface area contributed by atoms with Crippen LogP contribution in [0.4, 0.5) is 5.82 Å². The number of hydrogen-bond donors (Lipinski definition) is 3. The average molecular weight is 514 g/mol. The van der Waals surface area contributed by atoms with Crippen LogP contribution >= 0.6 is 0 Å². The van der Waals surface area contributed by atoms with Crippen LogP contribution in [0.25, 0.3) is 28.0 Å². The van der Waals surface area contributed by atoms with Crippen molar-refractivity contribution in [1.82, 2.24) is 29.7 Å². The number of aromatic nitrogens is 5. The van der Waals surface area contributed by atoms with E-state index in [-0.39, 0.29) is 18.0 Å². The van der Waals surface area contributed by atoms with Crippen LogP contribution in [0, 0.1) is 0 Å². The number of carbonyl (C=O) groups is 1. The second-order valence-electron chi connectivity index (χ2n) is 10.8. The number of benzene rings is 1. The second kappa shape index (κ2) is 8.92. The summed E-state index contributed by atoms with van der Waals surface area (Å²) in [4.78, 5) is 17.6. The molecule has 7 rings (SSSR count). The molecule has 0 bridgehead atoms. The number of ether oxygens (including phenoxy) is 1. The molecule has 3 aromatic heterocycles. The molecule has 3 fully saturated rings. The van der Waals surface area contributed by atoms with Crippen molar-refractivity contribution in [2.24, 2.45) is 0 Å². The van der Waals surface area contributed by atoms with E-state index in [4.69, 9.17) is 10.5 Å². The monoisotopic (exact) mass is 513 g/mol. The average Bonchev–Trinajstić information content (AvgIpc) is 3.44. The summed E-state index contributed by atoms with van der Waals surface area (Å²) < 4.78 is 9.46. The lowest BCUT2D eigenvalue weighted by atomic mass is 9.62. The normalized spacial score (nSPS) is 23.9. The molecule has 3 aliphatic rings. The minimum absolute atomic E-state index is 0.00934. The first kappa shape index (κ1) is 23.4. The maximum absolute atomic E-state index is 13.3. The van der Waals surface area contributed by atoms with Gasteiger partial charge in [-0.05, 0) is 62.3 Å². The predicted molar refractivity (Wildman–Crippen MR) is 141 cm³/mol. The van der Waals surface area contributed by atoms with Gasteiger partial charge in [0.2, 0.25) is 5.91 Å². The van der Waals surface area contributed by atoms with Crippen LogP contribution in [0.5, 0.6) is 0 Å². The van der Waals surface area contributed by atoms with E-state index in [2.05, 4.69) is 37.3 Å². The molecule has 0 radical (unpaired) electrons. The maximum Gasteiger partial charge on any atom is 0.231 e. The Morgan fingerprint density at radius 1 is 1.08 bits per heavy atom. The Morgan fingerprint density at radius 3 is 2.66 bits per heavy atom. The van der Waals surface area contributed by atoms with Gasteiger partial charge in [0.15, 0.2) is 5.82 Å². The fourth-order valence-corrected chi connectivity index (χ4v) is 6.04. The third-order valence-corrected chi connectivity index (χ3v) is 8.29. The number of amides is 1. The van der Waals surface area contributed by atoms with Crippen molar-refractivity contribution in [3.63, 3.8) is 0 Å². The minimum Gasteiger partial charge on any atom is -0.393 e. The fourth-order valence-electron chi connectivity index (χ4n) is 6.04. The third kappa shape index (κ3) is 3.78. The number of nitrogens with one attached hydrogen (secondary N) is 1. The van der Waals surface area contributed by atoms with Gasteiger partial charge < -0.3 is 20.9 Å². The fraction of sp³-hybridized carbons (Fsp3) is 0.429. The second-order valence-corrected chi connectivity index (χ2v) is 10.8. The van der Waals surface area contributed by atoms with Gasteiger partial charge in [0, 0.05) is 36.6 Å². The van der Waals surface area contributed by atoms with Crippen molar-refractivity contribution in [2.75, 3.05) is 18.9 Å². The molecule has 38 heavy (non-hydrogen) atoms. The molecule has 1 saturated heterocycles.